The molecule has 4 heteroatoms. The average molecular weight is 383 g/mol. The van der Waals surface area contributed by atoms with Gasteiger partial charge in [0, 0.05) is 17.6 Å². The van der Waals surface area contributed by atoms with Crippen LogP contribution >= 0.6 is 27.5 Å². The topological polar surface area (TPSA) is 21.3 Å². The first-order valence-electron chi connectivity index (χ1n) is 7.47. The molecule has 2 aromatic rings. The van der Waals surface area contributed by atoms with Crippen molar-refractivity contribution in [1.82, 2.24) is 5.32 Å². The Bertz CT molecular complexity index is 601. The Kier molecular flexibility index (Phi) is 6.74. The van der Waals surface area contributed by atoms with Gasteiger partial charge in [-0.25, -0.2) is 0 Å². The fraction of sp³-hybridized carbons (Fsp3) is 0.333. The van der Waals surface area contributed by atoms with E-state index in [4.69, 9.17) is 16.3 Å². The van der Waals surface area contributed by atoms with Gasteiger partial charge in [0.2, 0.25) is 0 Å². The third-order valence-electron chi connectivity index (χ3n) is 3.57. The van der Waals surface area contributed by atoms with E-state index in [1.807, 2.05) is 30.3 Å². The van der Waals surface area contributed by atoms with E-state index in [9.17, 15) is 0 Å². The summed E-state index contributed by atoms with van der Waals surface area (Å²) in [5, 5.41) is 4.22. The molecule has 0 saturated heterocycles. The zero-order chi connectivity index (χ0) is 15.9. The molecule has 0 spiro atoms. The number of benzene rings is 2. The highest BCUT2D eigenvalue weighted by Gasteiger charge is 2.05. The van der Waals surface area contributed by atoms with Gasteiger partial charge in [0.25, 0.3) is 0 Å². The minimum atomic E-state index is 0.527. The lowest BCUT2D eigenvalue weighted by Gasteiger charge is -2.13. The van der Waals surface area contributed by atoms with Gasteiger partial charge >= 0.3 is 0 Å². The third-order valence-corrected chi connectivity index (χ3v) is 4.44. The quantitative estimate of drug-likeness (QED) is 0.676. The standard InChI is InChI=1S/C18H21BrClNO/c1-3-13(2)21-11-15-6-9-18(17(19)10-15)22-12-14-4-7-16(20)8-5-14/h4-10,13,21H,3,11-12H2,1-2H3/t13-/m1/s1. The first kappa shape index (κ1) is 17.3. The molecule has 1 N–H and O–H groups in total. The highest BCUT2D eigenvalue weighted by molar-refractivity contribution is 9.10. The first-order chi connectivity index (χ1) is 10.6. The maximum Gasteiger partial charge on any atom is 0.134 e. The van der Waals surface area contributed by atoms with Crippen LogP contribution in [0.15, 0.2) is 46.9 Å². The van der Waals surface area contributed by atoms with Gasteiger partial charge in [0.15, 0.2) is 0 Å². The molecule has 0 aromatic heterocycles. The molecule has 0 bridgehead atoms. The van der Waals surface area contributed by atoms with E-state index in [2.05, 4.69) is 47.2 Å². The van der Waals surface area contributed by atoms with E-state index >= 15 is 0 Å². The lowest BCUT2D eigenvalue weighted by Crippen LogP contribution is -2.24. The van der Waals surface area contributed by atoms with Gasteiger partial charge in [-0.15, -0.1) is 0 Å². The van der Waals surface area contributed by atoms with Crippen LogP contribution in [0.4, 0.5) is 0 Å². The second-order valence-corrected chi connectivity index (χ2v) is 6.66. The van der Waals surface area contributed by atoms with Crippen LogP contribution in [0.3, 0.4) is 0 Å². The Labute approximate surface area is 146 Å². The van der Waals surface area contributed by atoms with E-state index in [0.29, 0.717) is 12.6 Å². The van der Waals surface area contributed by atoms with E-state index < -0.39 is 0 Å². The highest BCUT2D eigenvalue weighted by atomic mass is 79.9. The maximum atomic E-state index is 5.88. The van der Waals surface area contributed by atoms with Crippen molar-refractivity contribution >= 4 is 27.5 Å². The predicted octanol–water partition coefficient (Wildman–Crippen LogP) is 5.57. The van der Waals surface area contributed by atoms with E-state index in [1.54, 1.807) is 0 Å². The van der Waals surface area contributed by atoms with Crippen molar-refractivity contribution in [3.05, 3.63) is 63.1 Å². The molecule has 0 aliphatic heterocycles. The monoisotopic (exact) mass is 381 g/mol. The molecule has 0 heterocycles. The highest BCUT2D eigenvalue weighted by Crippen LogP contribution is 2.27. The molecule has 0 amide bonds. The molecular formula is C18H21BrClNO. The number of ether oxygens (including phenoxy) is 1. The lowest BCUT2D eigenvalue weighted by molar-refractivity contribution is 0.304. The van der Waals surface area contributed by atoms with Crippen LogP contribution in [0.2, 0.25) is 5.02 Å². The van der Waals surface area contributed by atoms with Crippen molar-refractivity contribution in [2.45, 2.75) is 39.5 Å². The zero-order valence-electron chi connectivity index (χ0n) is 12.9. The van der Waals surface area contributed by atoms with Crippen molar-refractivity contribution < 1.29 is 4.74 Å². The summed E-state index contributed by atoms with van der Waals surface area (Å²) in [5.74, 6) is 0.849. The van der Waals surface area contributed by atoms with Crippen LogP contribution in [0, 0.1) is 0 Å². The molecule has 1 atom stereocenters. The Hall–Kier alpha value is -1.03. The SMILES string of the molecule is CC[C@@H](C)NCc1ccc(OCc2ccc(Cl)cc2)c(Br)c1. The number of halogens is 2. The van der Waals surface area contributed by atoms with Crippen LogP contribution in [-0.2, 0) is 13.2 Å². The Morgan fingerprint density at radius 2 is 1.82 bits per heavy atom. The summed E-state index contributed by atoms with van der Waals surface area (Å²) in [6.45, 7) is 5.77. The van der Waals surface area contributed by atoms with Gasteiger partial charge in [0.05, 0.1) is 4.47 Å². The Morgan fingerprint density at radius 1 is 1.14 bits per heavy atom. The maximum absolute atomic E-state index is 5.88. The largest absolute Gasteiger partial charge is 0.488 e. The first-order valence-corrected chi connectivity index (χ1v) is 8.64. The van der Waals surface area contributed by atoms with Crippen molar-refractivity contribution in [1.29, 1.82) is 0 Å². The summed E-state index contributed by atoms with van der Waals surface area (Å²) < 4.78 is 6.83. The van der Waals surface area contributed by atoms with Crippen LogP contribution in [0.25, 0.3) is 0 Å². The van der Waals surface area contributed by atoms with Crippen molar-refractivity contribution in [3.63, 3.8) is 0 Å². The van der Waals surface area contributed by atoms with Crippen LogP contribution in [-0.4, -0.2) is 6.04 Å². The van der Waals surface area contributed by atoms with E-state index in [1.165, 1.54) is 5.56 Å². The molecule has 0 aliphatic rings. The molecule has 0 fully saturated rings. The van der Waals surface area contributed by atoms with Gasteiger partial charge in [-0.3, -0.25) is 0 Å². The molecule has 0 unspecified atom stereocenters. The molecule has 2 nitrogen and oxygen atoms in total. The molecule has 0 radical (unpaired) electrons. The van der Waals surface area contributed by atoms with Gasteiger partial charge in [-0.2, -0.15) is 0 Å². The number of rotatable bonds is 7. The van der Waals surface area contributed by atoms with Crippen molar-refractivity contribution in [2.24, 2.45) is 0 Å². The zero-order valence-corrected chi connectivity index (χ0v) is 15.2. The molecule has 118 valence electrons. The molecule has 0 saturated carbocycles. The number of hydrogen-bond donors (Lipinski definition) is 1. The van der Waals surface area contributed by atoms with E-state index in [0.717, 1.165) is 33.8 Å². The second kappa shape index (κ2) is 8.56. The van der Waals surface area contributed by atoms with Crippen molar-refractivity contribution in [2.75, 3.05) is 0 Å². The molecule has 0 aliphatic carbocycles. The van der Waals surface area contributed by atoms with Gasteiger partial charge in [0.1, 0.15) is 12.4 Å². The summed E-state index contributed by atoms with van der Waals surface area (Å²) in [4.78, 5) is 0. The number of nitrogens with one attached hydrogen (secondary N) is 1. The predicted molar refractivity (Wildman–Crippen MR) is 96.5 cm³/mol. The Balaban J connectivity index is 1.93. The summed E-state index contributed by atoms with van der Waals surface area (Å²) in [6.07, 6.45) is 1.13. The summed E-state index contributed by atoms with van der Waals surface area (Å²) in [6, 6.07) is 14.4. The molecule has 2 rings (SSSR count). The van der Waals surface area contributed by atoms with Gasteiger partial charge in [-0.05, 0) is 64.7 Å². The lowest BCUT2D eigenvalue weighted by atomic mass is 10.2. The fourth-order valence-corrected chi connectivity index (χ4v) is 2.62. The molecular weight excluding hydrogens is 362 g/mol. The minimum absolute atomic E-state index is 0.527. The number of hydrogen-bond acceptors (Lipinski definition) is 2. The third kappa shape index (κ3) is 5.31. The summed E-state index contributed by atoms with van der Waals surface area (Å²) >= 11 is 9.46. The summed E-state index contributed by atoms with van der Waals surface area (Å²) in [7, 11) is 0. The van der Waals surface area contributed by atoms with Crippen LogP contribution in [0.5, 0.6) is 5.75 Å². The minimum Gasteiger partial charge on any atom is -0.488 e. The van der Waals surface area contributed by atoms with Crippen LogP contribution in [0.1, 0.15) is 31.4 Å². The normalized spacial score (nSPS) is 12.2. The molecule has 2 aromatic carbocycles. The van der Waals surface area contributed by atoms with Gasteiger partial charge < -0.3 is 10.1 Å². The average Bonchev–Trinajstić information content (AvgIpc) is 2.53. The smallest absolute Gasteiger partial charge is 0.134 e. The fourth-order valence-electron chi connectivity index (χ4n) is 1.95. The van der Waals surface area contributed by atoms with Gasteiger partial charge in [-0.1, -0.05) is 36.7 Å². The summed E-state index contributed by atoms with van der Waals surface area (Å²) in [5.41, 5.74) is 2.34. The van der Waals surface area contributed by atoms with Crippen LogP contribution < -0.4 is 10.1 Å². The second-order valence-electron chi connectivity index (χ2n) is 5.37. The molecule has 22 heavy (non-hydrogen) atoms. The van der Waals surface area contributed by atoms with Crippen molar-refractivity contribution in [3.8, 4) is 5.75 Å². The Morgan fingerprint density at radius 3 is 2.45 bits per heavy atom. The van der Waals surface area contributed by atoms with E-state index in [-0.39, 0.29) is 0 Å².